The molecule has 38 heavy (non-hydrogen) atoms. The first-order valence-electron chi connectivity index (χ1n) is 12.2. The van der Waals surface area contributed by atoms with Crippen molar-refractivity contribution < 1.29 is 8.42 Å². The van der Waals surface area contributed by atoms with Gasteiger partial charge < -0.3 is 5.32 Å². The number of anilines is 2. The summed E-state index contributed by atoms with van der Waals surface area (Å²) in [6.07, 6.45) is 11.5. The second-order valence-corrected chi connectivity index (χ2v) is 11.1. The van der Waals surface area contributed by atoms with E-state index >= 15 is 0 Å². The summed E-state index contributed by atoms with van der Waals surface area (Å²) in [5.74, 6) is 0.483. The molecule has 0 saturated carbocycles. The minimum atomic E-state index is -3.98. The molecule has 188 valence electrons. The van der Waals surface area contributed by atoms with E-state index in [4.69, 9.17) is 0 Å². The van der Waals surface area contributed by atoms with Crippen LogP contribution in [0.4, 0.5) is 11.5 Å². The van der Waals surface area contributed by atoms with E-state index in [1.807, 2.05) is 67.6 Å². The number of pyridine rings is 2. The molecule has 0 unspecified atom stereocenters. The molecular formula is C30H25N5O2S. The molecule has 0 radical (unpaired) electrons. The number of aryl methyl sites for hydroxylation is 1. The van der Waals surface area contributed by atoms with Crippen molar-refractivity contribution in [3.8, 4) is 0 Å². The molecule has 0 spiro atoms. The lowest BCUT2D eigenvalue weighted by Gasteiger charge is -2.34. The van der Waals surface area contributed by atoms with Crippen molar-refractivity contribution in [3.63, 3.8) is 0 Å². The molecule has 0 fully saturated rings. The first-order chi connectivity index (χ1) is 18.5. The molecule has 1 N–H and O–H groups in total. The Morgan fingerprint density at radius 2 is 1.42 bits per heavy atom. The SMILES string of the molecule is Cc1ccc(S(=O)(=O)n2nc(Nc3ccccc3)c3c2CC(c2ccncc2)(c2ccncc2)C=C3)cc1. The third kappa shape index (κ3) is 4.09. The van der Waals surface area contributed by atoms with E-state index in [0.29, 0.717) is 17.9 Å². The molecule has 0 saturated heterocycles. The van der Waals surface area contributed by atoms with Crippen LogP contribution in [0.25, 0.3) is 6.08 Å². The number of benzene rings is 2. The molecule has 0 amide bonds. The average molecular weight is 520 g/mol. The first kappa shape index (κ1) is 23.8. The largest absolute Gasteiger partial charge is 0.338 e. The number of nitrogens with one attached hydrogen (secondary N) is 1. The lowest BCUT2D eigenvalue weighted by atomic mass is 9.69. The third-order valence-corrected chi connectivity index (χ3v) is 8.57. The number of hydrogen-bond acceptors (Lipinski definition) is 6. The first-order valence-corrected chi connectivity index (χ1v) is 13.7. The highest BCUT2D eigenvalue weighted by molar-refractivity contribution is 7.89. The van der Waals surface area contributed by atoms with E-state index in [1.54, 1.807) is 49.1 Å². The van der Waals surface area contributed by atoms with Gasteiger partial charge in [-0.15, -0.1) is 5.10 Å². The van der Waals surface area contributed by atoms with Crippen LogP contribution in [-0.4, -0.2) is 27.6 Å². The van der Waals surface area contributed by atoms with Crippen molar-refractivity contribution in [2.24, 2.45) is 0 Å². The Morgan fingerprint density at radius 3 is 2.03 bits per heavy atom. The smallest absolute Gasteiger partial charge is 0.283 e. The van der Waals surface area contributed by atoms with Crippen LogP contribution < -0.4 is 5.32 Å². The maximum atomic E-state index is 14.0. The highest BCUT2D eigenvalue weighted by Gasteiger charge is 2.39. The van der Waals surface area contributed by atoms with Crippen LogP contribution in [-0.2, 0) is 21.9 Å². The van der Waals surface area contributed by atoms with E-state index < -0.39 is 15.4 Å². The lowest BCUT2D eigenvalue weighted by molar-refractivity contribution is 0.564. The Kier molecular flexibility index (Phi) is 5.88. The Labute approximate surface area is 221 Å². The molecular weight excluding hydrogens is 494 g/mol. The molecule has 6 rings (SSSR count). The van der Waals surface area contributed by atoms with Crippen molar-refractivity contribution in [2.45, 2.75) is 23.7 Å². The minimum Gasteiger partial charge on any atom is -0.338 e. The molecule has 5 aromatic rings. The fraction of sp³-hybridized carbons (Fsp3) is 0.100. The number of para-hydroxylation sites is 1. The zero-order valence-electron chi connectivity index (χ0n) is 20.7. The third-order valence-electron chi connectivity index (χ3n) is 6.94. The molecule has 1 aliphatic rings. The second-order valence-electron chi connectivity index (χ2n) is 9.31. The lowest BCUT2D eigenvalue weighted by Crippen LogP contribution is -2.32. The van der Waals surface area contributed by atoms with Gasteiger partial charge in [-0.3, -0.25) is 9.97 Å². The number of hydrogen-bond donors (Lipinski definition) is 1. The number of fused-ring (bicyclic) bond motifs is 1. The van der Waals surface area contributed by atoms with Crippen molar-refractivity contribution in [1.29, 1.82) is 0 Å². The Hall–Kier alpha value is -4.56. The Morgan fingerprint density at radius 1 is 0.816 bits per heavy atom. The molecule has 0 bridgehead atoms. The van der Waals surface area contributed by atoms with Crippen molar-refractivity contribution in [1.82, 2.24) is 19.2 Å². The molecule has 0 aliphatic heterocycles. The standard InChI is InChI=1S/C30H25N5O2S/c1-22-7-9-26(10-8-22)38(36,37)35-28-21-30(23-12-17-31-18-13-23,24-14-19-32-20-15-24)16-11-27(28)29(34-35)33-25-5-3-2-4-6-25/h2-20H,21H2,1H3,(H,33,34). The summed E-state index contributed by atoms with van der Waals surface area (Å²) in [7, 11) is -3.98. The van der Waals surface area contributed by atoms with Crippen LogP contribution in [0, 0.1) is 6.92 Å². The fourth-order valence-corrected chi connectivity index (χ4v) is 6.27. The summed E-state index contributed by atoms with van der Waals surface area (Å²) in [4.78, 5) is 8.60. The molecule has 2 aromatic carbocycles. The van der Waals surface area contributed by atoms with Gasteiger partial charge in [0.25, 0.3) is 10.0 Å². The summed E-state index contributed by atoms with van der Waals surface area (Å²) >= 11 is 0. The predicted octanol–water partition coefficient (Wildman–Crippen LogP) is 5.52. The number of allylic oxidation sites excluding steroid dienone is 1. The predicted molar refractivity (Wildman–Crippen MR) is 148 cm³/mol. The van der Waals surface area contributed by atoms with Crippen LogP contribution >= 0.6 is 0 Å². The zero-order valence-corrected chi connectivity index (χ0v) is 21.5. The zero-order chi connectivity index (χ0) is 26.2. The molecule has 3 heterocycles. The van der Waals surface area contributed by atoms with E-state index in [1.165, 1.54) is 4.09 Å². The quantitative estimate of drug-likeness (QED) is 0.318. The van der Waals surface area contributed by atoms with Gasteiger partial charge >= 0.3 is 0 Å². The van der Waals surface area contributed by atoms with Crippen LogP contribution in [0.3, 0.4) is 0 Å². The summed E-state index contributed by atoms with van der Waals surface area (Å²) in [5, 5.41) is 7.98. The number of aromatic nitrogens is 4. The number of nitrogens with zero attached hydrogens (tertiary/aromatic N) is 4. The summed E-state index contributed by atoms with van der Waals surface area (Å²) in [6, 6.07) is 24.3. The highest BCUT2D eigenvalue weighted by atomic mass is 32.2. The minimum absolute atomic E-state index is 0.188. The van der Waals surface area contributed by atoms with E-state index in [9.17, 15) is 8.42 Å². The maximum Gasteiger partial charge on any atom is 0.283 e. The average Bonchev–Trinajstić information content (AvgIpc) is 3.32. The number of rotatable bonds is 6. The molecule has 0 atom stereocenters. The van der Waals surface area contributed by atoms with Crippen LogP contribution in [0.1, 0.15) is 27.9 Å². The van der Waals surface area contributed by atoms with E-state index in [0.717, 1.165) is 27.9 Å². The topological polar surface area (TPSA) is 89.8 Å². The van der Waals surface area contributed by atoms with Crippen molar-refractivity contribution >= 4 is 27.6 Å². The monoisotopic (exact) mass is 519 g/mol. The van der Waals surface area contributed by atoms with Crippen molar-refractivity contribution in [3.05, 3.63) is 138 Å². The highest BCUT2D eigenvalue weighted by Crippen LogP contribution is 2.44. The van der Waals surface area contributed by atoms with E-state index in [-0.39, 0.29) is 4.90 Å². The summed E-state index contributed by atoms with van der Waals surface area (Å²) in [5.41, 5.74) is 4.50. The van der Waals surface area contributed by atoms with Gasteiger partial charge in [0.15, 0.2) is 5.82 Å². The molecule has 7 nitrogen and oxygen atoms in total. The van der Waals surface area contributed by atoms with Gasteiger partial charge in [0, 0.05) is 47.9 Å². The Balaban J connectivity index is 1.57. The van der Waals surface area contributed by atoms with Crippen LogP contribution in [0.15, 0.2) is 115 Å². The van der Waals surface area contributed by atoms with Gasteiger partial charge in [-0.05, 0) is 66.6 Å². The van der Waals surface area contributed by atoms with Crippen molar-refractivity contribution in [2.75, 3.05) is 5.32 Å². The second kappa shape index (κ2) is 9.39. The van der Waals surface area contributed by atoms with Crippen LogP contribution in [0.2, 0.25) is 0 Å². The van der Waals surface area contributed by atoms with Gasteiger partial charge in [-0.1, -0.05) is 48.0 Å². The van der Waals surface area contributed by atoms with Gasteiger partial charge in [-0.25, -0.2) is 0 Å². The molecule has 8 heteroatoms. The van der Waals surface area contributed by atoms with Gasteiger partial charge in [0.1, 0.15) is 0 Å². The van der Waals surface area contributed by atoms with Gasteiger partial charge in [-0.2, -0.15) is 12.5 Å². The maximum absolute atomic E-state index is 14.0. The summed E-state index contributed by atoms with van der Waals surface area (Å²) < 4.78 is 29.2. The Bertz CT molecular complexity index is 1680. The summed E-state index contributed by atoms with van der Waals surface area (Å²) in [6.45, 7) is 1.93. The fourth-order valence-electron chi connectivity index (χ4n) is 4.95. The van der Waals surface area contributed by atoms with E-state index in [2.05, 4.69) is 26.5 Å². The van der Waals surface area contributed by atoms with Gasteiger partial charge in [0.2, 0.25) is 0 Å². The van der Waals surface area contributed by atoms with Gasteiger partial charge in [0.05, 0.1) is 10.6 Å². The normalized spacial score (nSPS) is 14.1. The molecule has 3 aromatic heterocycles. The molecule has 1 aliphatic carbocycles. The van der Waals surface area contributed by atoms with Crippen LogP contribution in [0.5, 0.6) is 0 Å².